The van der Waals surface area contributed by atoms with Gasteiger partial charge in [-0.2, -0.15) is 0 Å². The van der Waals surface area contributed by atoms with Gasteiger partial charge >= 0.3 is 0 Å². The van der Waals surface area contributed by atoms with Crippen LogP contribution < -0.4 is 10.1 Å². The summed E-state index contributed by atoms with van der Waals surface area (Å²) in [6.07, 6.45) is 0. The van der Waals surface area contributed by atoms with Crippen molar-refractivity contribution in [3.63, 3.8) is 0 Å². The molecule has 0 bridgehead atoms. The molecule has 0 saturated heterocycles. The first kappa shape index (κ1) is 16.1. The molecule has 0 aromatic heterocycles. The molecule has 1 N–H and O–H groups in total. The van der Waals surface area contributed by atoms with Crippen molar-refractivity contribution in [1.29, 1.82) is 0 Å². The Hall–Kier alpha value is -1.32. The van der Waals surface area contributed by atoms with Crippen molar-refractivity contribution in [1.82, 2.24) is 5.32 Å². The molecule has 2 nitrogen and oxygen atoms in total. The fourth-order valence-corrected chi connectivity index (χ4v) is 2.56. The van der Waals surface area contributed by atoms with E-state index in [1.165, 1.54) is 11.1 Å². The van der Waals surface area contributed by atoms with Crippen molar-refractivity contribution in [3.05, 3.63) is 58.1 Å². The second kappa shape index (κ2) is 7.62. The van der Waals surface area contributed by atoms with Gasteiger partial charge in [-0.05, 0) is 63.8 Å². The molecular formula is C18H22BrNO. The number of benzene rings is 2. The molecule has 0 spiro atoms. The zero-order valence-electron chi connectivity index (χ0n) is 12.8. The largest absolute Gasteiger partial charge is 0.456 e. The fraction of sp³-hybridized carbons (Fsp3) is 0.333. The molecule has 2 aromatic carbocycles. The molecule has 0 aliphatic carbocycles. The van der Waals surface area contributed by atoms with Gasteiger partial charge in [0.2, 0.25) is 0 Å². The van der Waals surface area contributed by atoms with Crippen molar-refractivity contribution < 1.29 is 4.74 Å². The third kappa shape index (κ3) is 4.58. The molecule has 0 radical (unpaired) electrons. The van der Waals surface area contributed by atoms with Gasteiger partial charge in [0.1, 0.15) is 11.5 Å². The van der Waals surface area contributed by atoms with E-state index in [1.54, 1.807) is 0 Å². The van der Waals surface area contributed by atoms with Crippen LogP contribution in [-0.4, -0.2) is 6.54 Å². The van der Waals surface area contributed by atoms with Gasteiger partial charge in [-0.25, -0.2) is 0 Å². The maximum atomic E-state index is 5.94. The van der Waals surface area contributed by atoms with Gasteiger partial charge in [0.25, 0.3) is 0 Å². The number of nitrogens with one attached hydrogen (secondary N) is 1. The summed E-state index contributed by atoms with van der Waals surface area (Å²) in [7, 11) is 0. The number of rotatable bonds is 6. The van der Waals surface area contributed by atoms with Crippen LogP contribution in [0.15, 0.2) is 46.9 Å². The first-order valence-electron chi connectivity index (χ1n) is 7.37. The van der Waals surface area contributed by atoms with Crippen LogP contribution in [-0.2, 0) is 6.54 Å². The molecule has 2 aromatic rings. The van der Waals surface area contributed by atoms with Crippen LogP contribution in [0.4, 0.5) is 0 Å². The van der Waals surface area contributed by atoms with Gasteiger partial charge in [-0.15, -0.1) is 0 Å². The van der Waals surface area contributed by atoms with Crippen LogP contribution >= 0.6 is 15.9 Å². The van der Waals surface area contributed by atoms with Gasteiger partial charge in [-0.1, -0.05) is 39.0 Å². The zero-order chi connectivity index (χ0) is 15.2. The van der Waals surface area contributed by atoms with Crippen molar-refractivity contribution in [2.45, 2.75) is 33.2 Å². The molecule has 0 aliphatic rings. The summed E-state index contributed by atoms with van der Waals surface area (Å²) in [5.41, 5.74) is 2.56. The monoisotopic (exact) mass is 347 g/mol. The Labute approximate surface area is 135 Å². The second-order valence-corrected chi connectivity index (χ2v) is 6.23. The molecule has 2 rings (SSSR count). The summed E-state index contributed by atoms with van der Waals surface area (Å²) >= 11 is 3.58. The van der Waals surface area contributed by atoms with E-state index in [0.717, 1.165) is 29.1 Å². The van der Waals surface area contributed by atoms with Crippen molar-refractivity contribution in [3.8, 4) is 11.5 Å². The average molecular weight is 348 g/mol. The van der Waals surface area contributed by atoms with E-state index in [0.29, 0.717) is 5.92 Å². The second-order valence-electron chi connectivity index (χ2n) is 5.37. The van der Waals surface area contributed by atoms with Crippen molar-refractivity contribution in [2.75, 3.05) is 6.54 Å². The van der Waals surface area contributed by atoms with E-state index < -0.39 is 0 Å². The highest BCUT2D eigenvalue weighted by atomic mass is 79.9. The van der Waals surface area contributed by atoms with Gasteiger partial charge in [0.05, 0.1) is 4.47 Å². The molecule has 0 amide bonds. The molecule has 0 aliphatic heterocycles. The van der Waals surface area contributed by atoms with Crippen LogP contribution in [0.1, 0.15) is 37.8 Å². The van der Waals surface area contributed by atoms with E-state index >= 15 is 0 Å². The Balaban J connectivity index is 2.08. The van der Waals surface area contributed by atoms with Crippen LogP contribution in [0.25, 0.3) is 0 Å². The highest BCUT2D eigenvalue weighted by Crippen LogP contribution is 2.31. The highest BCUT2D eigenvalue weighted by Gasteiger charge is 2.05. The van der Waals surface area contributed by atoms with Gasteiger partial charge in [0, 0.05) is 6.54 Å². The third-order valence-corrected chi connectivity index (χ3v) is 3.97. The van der Waals surface area contributed by atoms with Crippen LogP contribution in [0.2, 0.25) is 0 Å². The van der Waals surface area contributed by atoms with Crippen LogP contribution in [0.3, 0.4) is 0 Å². The number of hydrogen-bond acceptors (Lipinski definition) is 2. The Bertz CT molecular complexity index is 578. The molecule has 0 unspecified atom stereocenters. The fourth-order valence-electron chi connectivity index (χ4n) is 2.05. The van der Waals surface area contributed by atoms with Gasteiger partial charge < -0.3 is 10.1 Å². The Kier molecular flexibility index (Phi) is 5.83. The Morgan fingerprint density at radius 3 is 2.38 bits per heavy atom. The number of halogens is 1. The van der Waals surface area contributed by atoms with E-state index in [4.69, 9.17) is 4.74 Å². The standard InChI is InChI=1S/C18H22BrNO/c1-4-20-12-14-5-10-18(17(19)11-14)21-16-8-6-15(7-9-16)13(2)3/h5-11,13,20H,4,12H2,1-3H3. The van der Waals surface area contributed by atoms with Crippen LogP contribution in [0.5, 0.6) is 11.5 Å². The summed E-state index contributed by atoms with van der Waals surface area (Å²) < 4.78 is 6.91. The summed E-state index contributed by atoms with van der Waals surface area (Å²) in [6.45, 7) is 8.33. The lowest BCUT2D eigenvalue weighted by molar-refractivity contribution is 0.479. The summed E-state index contributed by atoms with van der Waals surface area (Å²) in [4.78, 5) is 0. The molecule has 112 valence electrons. The Morgan fingerprint density at radius 2 is 1.81 bits per heavy atom. The predicted octanol–water partition coefficient (Wildman–Crippen LogP) is 5.47. The molecule has 21 heavy (non-hydrogen) atoms. The summed E-state index contributed by atoms with van der Waals surface area (Å²) in [5.74, 6) is 2.24. The third-order valence-electron chi connectivity index (χ3n) is 3.35. The zero-order valence-corrected chi connectivity index (χ0v) is 14.4. The number of hydrogen-bond donors (Lipinski definition) is 1. The number of ether oxygens (including phenoxy) is 1. The quantitative estimate of drug-likeness (QED) is 0.747. The minimum absolute atomic E-state index is 0.538. The maximum Gasteiger partial charge on any atom is 0.141 e. The first-order valence-corrected chi connectivity index (χ1v) is 8.16. The van der Waals surface area contributed by atoms with E-state index in [2.05, 4.69) is 66.3 Å². The van der Waals surface area contributed by atoms with Gasteiger partial charge in [-0.3, -0.25) is 0 Å². The summed E-state index contributed by atoms with van der Waals surface area (Å²) in [6, 6.07) is 14.5. The molecule has 0 heterocycles. The van der Waals surface area contributed by atoms with E-state index in [-0.39, 0.29) is 0 Å². The smallest absolute Gasteiger partial charge is 0.141 e. The minimum Gasteiger partial charge on any atom is -0.456 e. The van der Waals surface area contributed by atoms with Crippen LogP contribution in [0, 0.1) is 0 Å². The highest BCUT2D eigenvalue weighted by molar-refractivity contribution is 9.10. The summed E-state index contributed by atoms with van der Waals surface area (Å²) in [5, 5.41) is 3.32. The molecule has 0 saturated carbocycles. The van der Waals surface area contributed by atoms with Crippen molar-refractivity contribution >= 4 is 15.9 Å². The lowest BCUT2D eigenvalue weighted by atomic mass is 10.0. The minimum atomic E-state index is 0.538. The normalized spacial score (nSPS) is 10.9. The van der Waals surface area contributed by atoms with Crippen molar-refractivity contribution in [2.24, 2.45) is 0 Å². The molecular weight excluding hydrogens is 326 g/mol. The maximum absolute atomic E-state index is 5.94. The van der Waals surface area contributed by atoms with Gasteiger partial charge in [0.15, 0.2) is 0 Å². The van der Waals surface area contributed by atoms with E-state index in [9.17, 15) is 0 Å². The lowest BCUT2D eigenvalue weighted by Gasteiger charge is -2.11. The topological polar surface area (TPSA) is 21.3 Å². The Morgan fingerprint density at radius 1 is 1.10 bits per heavy atom. The average Bonchev–Trinajstić information content (AvgIpc) is 2.48. The van der Waals surface area contributed by atoms with E-state index in [1.807, 2.05) is 18.2 Å². The predicted molar refractivity (Wildman–Crippen MR) is 92.1 cm³/mol. The lowest BCUT2D eigenvalue weighted by Crippen LogP contribution is -2.11. The molecule has 3 heteroatoms. The molecule has 0 fully saturated rings. The molecule has 0 atom stereocenters. The SMILES string of the molecule is CCNCc1ccc(Oc2ccc(C(C)C)cc2)c(Br)c1. The first-order chi connectivity index (χ1) is 10.1.